The lowest BCUT2D eigenvalue weighted by Crippen LogP contribution is -2.47. The van der Waals surface area contributed by atoms with Gasteiger partial charge in [0.25, 0.3) is 0 Å². The molecule has 2 atom stereocenters. The SMILES string of the molecule is C[C@H](N)C(=O)NC1CCCN1. The Kier molecular flexibility index (Phi) is 2.84. The van der Waals surface area contributed by atoms with Crippen molar-refractivity contribution < 1.29 is 4.79 Å². The number of amides is 1. The van der Waals surface area contributed by atoms with Crippen molar-refractivity contribution in [1.29, 1.82) is 0 Å². The van der Waals surface area contributed by atoms with Crippen molar-refractivity contribution in [1.82, 2.24) is 10.6 Å². The first-order valence-corrected chi connectivity index (χ1v) is 3.99. The molecule has 1 saturated heterocycles. The summed E-state index contributed by atoms with van der Waals surface area (Å²) in [5, 5.41) is 5.96. The van der Waals surface area contributed by atoms with E-state index in [-0.39, 0.29) is 12.1 Å². The number of carbonyl (C=O) groups is 1. The second kappa shape index (κ2) is 3.69. The molecule has 4 heteroatoms. The molecule has 1 fully saturated rings. The van der Waals surface area contributed by atoms with Gasteiger partial charge in [0.15, 0.2) is 0 Å². The topological polar surface area (TPSA) is 67.2 Å². The molecule has 1 heterocycles. The minimum atomic E-state index is -0.405. The van der Waals surface area contributed by atoms with Crippen LogP contribution in [-0.2, 0) is 4.79 Å². The van der Waals surface area contributed by atoms with Crippen LogP contribution >= 0.6 is 0 Å². The highest BCUT2D eigenvalue weighted by molar-refractivity contribution is 5.81. The van der Waals surface area contributed by atoms with Crippen LogP contribution in [0.3, 0.4) is 0 Å². The summed E-state index contributed by atoms with van der Waals surface area (Å²) < 4.78 is 0. The minimum absolute atomic E-state index is 0.0793. The highest BCUT2D eigenvalue weighted by atomic mass is 16.2. The van der Waals surface area contributed by atoms with Gasteiger partial charge in [-0.15, -0.1) is 0 Å². The standard InChI is InChI=1S/C7H15N3O/c1-5(8)7(11)10-6-3-2-4-9-6/h5-6,9H,2-4,8H2,1H3,(H,10,11)/t5-,6?/m0/s1. The molecule has 0 spiro atoms. The first kappa shape index (κ1) is 8.49. The summed E-state index contributed by atoms with van der Waals surface area (Å²) in [6.45, 7) is 2.67. The van der Waals surface area contributed by atoms with E-state index in [1.165, 1.54) is 0 Å². The van der Waals surface area contributed by atoms with Gasteiger partial charge in [0, 0.05) is 0 Å². The van der Waals surface area contributed by atoms with Crippen LogP contribution in [0, 0.1) is 0 Å². The molecule has 0 saturated carbocycles. The molecule has 1 amide bonds. The molecule has 1 aliphatic rings. The summed E-state index contributed by atoms with van der Waals surface area (Å²) >= 11 is 0. The first-order valence-electron chi connectivity index (χ1n) is 3.99. The Bertz CT molecular complexity index is 141. The average Bonchev–Trinajstić information content (AvgIpc) is 2.39. The molecule has 0 aromatic heterocycles. The fourth-order valence-electron chi connectivity index (χ4n) is 1.11. The van der Waals surface area contributed by atoms with Crippen molar-refractivity contribution in [3.05, 3.63) is 0 Å². The summed E-state index contributed by atoms with van der Waals surface area (Å²) in [4.78, 5) is 11.0. The van der Waals surface area contributed by atoms with Crippen molar-refractivity contribution in [2.75, 3.05) is 6.54 Å². The van der Waals surface area contributed by atoms with Crippen molar-refractivity contribution in [2.24, 2.45) is 5.73 Å². The zero-order valence-electron chi connectivity index (χ0n) is 6.76. The number of nitrogens with two attached hydrogens (primary N) is 1. The van der Waals surface area contributed by atoms with E-state index in [2.05, 4.69) is 10.6 Å². The Morgan fingerprint density at radius 1 is 1.82 bits per heavy atom. The van der Waals surface area contributed by atoms with E-state index in [1.807, 2.05) is 0 Å². The van der Waals surface area contributed by atoms with Gasteiger partial charge >= 0.3 is 0 Å². The summed E-state index contributed by atoms with van der Waals surface area (Å²) in [7, 11) is 0. The molecule has 1 aliphatic heterocycles. The summed E-state index contributed by atoms with van der Waals surface area (Å²) in [5.74, 6) is -0.0793. The van der Waals surface area contributed by atoms with E-state index in [4.69, 9.17) is 5.73 Å². The number of carbonyl (C=O) groups excluding carboxylic acids is 1. The molecule has 0 bridgehead atoms. The van der Waals surface area contributed by atoms with Crippen LogP contribution in [0.4, 0.5) is 0 Å². The number of rotatable bonds is 2. The van der Waals surface area contributed by atoms with Crippen LogP contribution in [0.25, 0.3) is 0 Å². The Morgan fingerprint density at radius 3 is 3.00 bits per heavy atom. The molecular formula is C7H15N3O. The number of hydrogen-bond acceptors (Lipinski definition) is 3. The van der Waals surface area contributed by atoms with Crippen LogP contribution in [0.15, 0.2) is 0 Å². The zero-order chi connectivity index (χ0) is 8.27. The van der Waals surface area contributed by atoms with Crippen molar-refractivity contribution in [2.45, 2.75) is 32.0 Å². The fraction of sp³-hybridized carbons (Fsp3) is 0.857. The first-order chi connectivity index (χ1) is 5.20. The van der Waals surface area contributed by atoms with E-state index < -0.39 is 6.04 Å². The Balaban J connectivity index is 2.24. The Labute approximate surface area is 66.5 Å². The molecule has 1 unspecified atom stereocenters. The lowest BCUT2D eigenvalue weighted by Gasteiger charge is -2.13. The van der Waals surface area contributed by atoms with Gasteiger partial charge in [-0.3, -0.25) is 10.1 Å². The third kappa shape index (κ3) is 2.48. The maximum Gasteiger partial charge on any atom is 0.237 e. The Hall–Kier alpha value is -0.610. The quantitative estimate of drug-likeness (QED) is 0.489. The molecule has 0 radical (unpaired) electrons. The predicted octanol–water partition coefficient (Wildman–Crippen LogP) is -0.841. The van der Waals surface area contributed by atoms with E-state index in [1.54, 1.807) is 6.92 Å². The van der Waals surface area contributed by atoms with E-state index >= 15 is 0 Å². The molecule has 1 rings (SSSR count). The largest absolute Gasteiger partial charge is 0.339 e. The lowest BCUT2D eigenvalue weighted by atomic mass is 10.3. The smallest absolute Gasteiger partial charge is 0.237 e. The van der Waals surface area contributed by atoms with Crippen LogP contribution in [0.5, 0.6) is 0 Å². The third-order valence-electron chi connectivity index (χ3n) is 1.79. The van der Waals surface area contributed by atoms with Crippen molar-refractivity contribution in [3.63, 3.8) is 0 Å². The molecule has 4 N–H and O–H groups in total. The van der Waals surface area contributed by atoms with Crippen molar-refractivity contribution in [3.8, 4) is 0 Å². The van der Waals surface area contributed by atoms with Gasteiger partial charge in [-0.1, -0.05) is 0 Å². The monoisotopic (exact) mass is 157 g/mol. The van der Waals surface area contributed by atoms with Crippen LogP contribution in [0.1, 0.15) is 19.8 Å². The fourth-order valence-corrected chi connectivity index (χ4v) is 1.11. The Morgan fingerprint density at radius 2 is 2.55 bits per heavy atom. The van der Waals surface area contributed by atoms with Gasteiger partial charge in [0.2, 0.25) is 5.91 Å². The van der Waals surface area contributed by atoms with Crippen LogP contribution in [0.2, 0.25) is 0 Å². The molecule has 11 heavy (non-hydrogen) atoms. The molecule has 0 aromatic rings. The maximum atomic E-state index is 11.0. The second-order valence-electron chi connectivity index (χ2n) is 2.95. The lowest BCUT2D eigenvalue weighted by molar-refractivity contribution is -0.122. The molecular weight excluding hydrogens is 142 g/mol. The predicted molar refractivity (Wildman–Crippen MR) is 42.8 cm³/mol. The molecule has 0 aromatic carbocycles. The highest BCUT2D eigenvalue weighted by Gasteiger charge is 2.17. The van der Waals surface area contributed by atoms with Gasteiger partial charge in [0.1, 0.15) is 0 Å². The minimum Gasteiger partial charge on any atom is -0.339 e. The molecule has 0 aliphatic carbocycles. The van der Waals surface area contributed by atoms with Gasteiger partial charge in [-0.2, -0.15) is 0 Å². The van der Waals surface area contributed by atoms with Crippen LogP contribution < -0.4 is 16.4 Å². The van der Waals surface area contributed by atoms with E-state index in [0.29, 0.717) is 0 Å². The van der Waals surface area contributed by atoms with E-state index in [9.17, 15) is 4.79 Å². The second-order valence-corrected chi connectivity index (χ2v) is 2.95. The molecule has 64 valence electrons. The normalized spacial score (nSPS) is 26.5. The maximum absolute atomic E-state index is 11.0. The third-order valence-corrected chi connectivity index (χ3v) is 1.79. The number of hydrogen-bond donors (Lipinski definition) is 3. The van der Waals surface area contributed by atoms with E-state index in [0.717, 1.165) is 19.4 Å². The van der Waals surface area contributed by atoms with Gasteiger partial charge in [-0.25, -0.2) is 0 Å². The number of nitrogens with one attached hydrogen (secondary N) is 2. The van der Waals surface area contributed by atoms with Gasteiger partial charge < -0.3 is 11.1 Å². The zero-order valence-corrected chi connectivity index (χ0v) is 6.76. The van der Waals surface area contributed by atoms with Crippen molar-refractivity contribution >= 4 is 5.91 Å². The summed E-state index contributed by atoms with van der Waals surface area (Å²) in [6.07, 6.45) is 2.29. The highest BCUT2D eigenvalue weighted by Crippen LogP contribution is 2.01. The van der Waals surface area contributed by atoms with Crippen LogP contribution in [-0.4, -0.2) is 24.7 Å². The van der Waals surface area contributed by atoms with Gasteiger partial charge in [0.05, 0.1) is 12.2 Å². The van der Waals surface area contributed by atoms with Gasteiger partial charge in [-0.05, 0) is 26.3 Å². The average molecular weight is 157 g/mol. The summed E-state index contributed by atoms with van der Waals surface area (Å²) in [5.41, 5.74) is 5.37. The summed E-state index contributed by atoms with van der Waals surface area (Å²) in [6, 6.07) is -0.405. The molecule has 4 nitrogen and oxygen atoms in total.